The maximum absolute atomic E-state index is 9.99. The van der Waals surface area contributed by atoms with Crippen LogP contribution in [-0.2, 0) is 10.6 Å². The van der Waals surface area contributed by atoms with E-state index < -0.39 is 10.6 Å². The van der Waals surface area contributed by atoms with Crippen LogP contribution in [0.4, 0.5) is 13.5 Å². The number of anilines is 1. The van der Waals surface area contributed by atoms with Gasteiger partial charge >= 0.3 is 10.6 Å². The van der Waals surface area contributed by atoms with Gasteiger partial charge in [0, 0.05) is 11.3 Å². The molecule has 0 saturated carbocycles. The maximum Gasteiger partial charge on any atom is 0.476 e. The van der Waals surface area contributed by atoms with E-state index in [1.807, 2.05) is 12.1 Å². The van der Waals surface area contributed by atoms with Crippen molar-refractivity contribution in [2.45, 2.75) is 0 Å². The lowest BCUT2D eigenvalue weighted by Crippen LogP contribution is -1.83. The fourth-order valence-electron chi connectivity index (χ4n) is 0.628. The average molecular weight is 219 g/mol. The molecule has 0 amide bonds. The molecule has 14 heavy (non-hydrogen) atoms. The first-order chi connectivity index (χ1) is 6.33. The molecule has 0 fully saturated rings. The Labute approximate surface area is 81.1 Å². The summed E-state index contributed by atoms with van der Waals surface area (Å²) >= 11 is 0. The Hall–Kier alpha value is -1.61. The van der Waals surface area contributed by atoms with Crippen molar-refractivity contribution in [2.24, 2.45) is 0 Å². The third kappa shape index (κ3) is 8.49. The van der Waals surface area contributed by atoms with Gasteiger partial charge in [0.25, 0.3) is 0 Å². The van der Waals surface area contributed by atoms with E-state index in [9.17, 15) is 7.77 Å². The first-order valence-corrected chi connectivity index (χ1v) is 4.57. The van der Waals surface area contributed by atoms with E-state index in [1.165, 1.54) is 0 Å². The van der Waals surface area contributed by atoms with Gasteiger partial charge in [0.05, 0.1) is 0 Å². The largest absolute Gasteiger partial charge is 0.476 e. The Morgan fingerprint density at radius 2 is 1.86 bits per heavy atom. The van der Waals surface area contributed by atoms with Gasteiger partial charge in [-0.3, -0.25) is 0 Å². The Morgan fingerprint density at radius 1 is 1.36 bits per heavy atom. The number of hydrogen-bond donors (Lipinski definition) is 1. The summed E-state index contributed by atoms with van der Waals surface area (Å²) in [5.41, 5.74) is 6.98. The lowest BCUT2D eigenvalue weighted by atomic mass is 10.2. The third-order valence-electron chi connectivity index (χ3n) is 1.05. The maximum atomic E-state index is 9.99. The molecule has 0 saturated heterocycles. The van der Waals surface area contributed by atoms with E-state index in [4.69, 9.17) is 20.6 Å². The summed E-state index contributed by atoms with van der Waals surface area (Å²) in [4.78, 5) is 0. The van der Waals surface area contributed by atoms with Gasteiger partial charge in [-0.05, 0) is 18.2 Å². The van der Waals surface area contributed by atoms with Crippen LogP contribution in [0.3, 0.4) is 0 Å². The third-order valence-corrected chi connectivity index (χ3v) is 1.05. The van der Waals surface area contributed by atoms with Gasteiger partial charge in [0.15, 0.2) is 0 Å². The molecule has 0 radical (unpaired) electrons. The molecule has 0 aromatic heterocycles. The molecule has 0 atom stereocenters. The molecule has 1 aromatic carbocycles. The Morgan fingerprint density at radius 3 is 2.14 bits per heavy atom. The number of halogens is 2. The summed E-state index contributed by atoms with van der Waals surface area (Å²) < 4.78 is 36.6. The summed E-state index contributed by atoms with van der Waals surface area (Å²) in [5, 5.41) is 0. The number of nitrogens with two attached hydrogens (primary N) is 1. The van der Waals surface area contributed by atoms with Gasteiger partial charge in [-0.15, -0.1) is 6.42 Å². The highest BCUT2D eigenvalue weighted by atomic mass is 32.3. The van der Waals surface area contributed by atoms with Gasteiger partial charge in [-0.1, -0.05) is 19.8 Å². The first kappa shape index (κ1) is 12.4. The number of benzene rings is 1. The number of hydrogen-bond acceptors (Lipinski definition) is 3. The van der Waals surface area contributed by atoms with Crippen LogP contribution >= 0.6 is 0 Å². The normalized spacial score (nSPS) is 9.50. The van der Waals surface area contributed by atoms with Crippen LogP contribution in [0.15, 0.2) is 24.3 Å². The molecule has 0 aliphatic carbocycles. The molecule has 76 valence electrons. The Balaban J connectivity index is 0.000000292. The lowest BCUT2D eigenvalue weighted by molar-refractivity contribution is 0.501. The van der Waals surface area contributed by atoms with Crippen LogP contribution < -0.4 is 5.73 Å². The molecule has 0 unspecified atom stereocenters. The van der Waals surface area contributed by atoms with Crippen LogP contribution in [0.2, 0.25) is 0 Å². The van der Waals surface area contributed by atoms with Crippen molar-refractivity contribution in [3.63, 3.8) is 0 Å². The minimum absolute atomic E-state index is 0.713. The van der Waals surface area contributed by atoms with Gasteiger partial charge in [0.2, 0.25) is 0 Å². The number of terminal acetylenes is 1. The van der Waals surface area contributed by atoms with E-state index in [2.05, 4.69) is 5.92 Å². The standard InChI is InChI=1S/C8H7N.F2O2S/c1-2-7-4-3-5-8(9)6-7;1-5(2,3)4/h1,3-6H,9H2;. The predicted octanol–water partition coefficient (Wildman–Crippen LogP) is 1.42. The first-order valence-electron chi connectivity index (χ1n) is 3.29. The summed E-state index contributed by atoms with van der Waals surface area (Å²) in [7, 11) is -5.67. The minimum Gasteiger partial charge on any atom is -0.399 e. The lowest BCUT2D eigenvalue weighted by Gasteiger charge is -1.90. The van der Waals surface area contributed by atoms with Crippen molar-refractivity contribution in [3.05, 3.63) is 29.8 Å². The van der Waals surface area contributed by atoms with Crippen molar-refractivity contribution in [1.29, 1.82) is 0 Å². The second-order valence-corrected chi connectivity index (χ2v) is 2.90. The number of nitrogen functional groups attached to an aromatic ring is 1. The molecule has 1 rings (SSSR count). The highest BCUT2D eigenvalue weighted by molar-refractivity contribution is 7.81. The summed E-state index contributed by atoms with van der Waals surface area (Å²) in [6, 6.07) is 7.25. The fourth-order valence-corrected chi connectivity index (χ4v) is 0.628. The second-order valence-electron chi connectivity index (χ2n) is 2.15. The molecule has 2 N–H and O–H groups in total. The zero-order chi connectivity index (χ0) is 11.2. The molecular weight excluding hydrogens is 212 g/mol. The van der Waals surface area contributed by atoms with Crippen LogP contribution in [0.25, 0.3) is 0 Å². The van der Waals surface area contributed by atoms with Gasteiger partial charge in [0.1, 0.15) is 0 Å². The van der Waals surface area contributed by atoms with Crippen molar-refractivity contribution >= 4 is 16.3 Å². The SMILES string of the molecule is C#Cc1cccc(N)c1.O=S(=O)(F)F. The van der Waals surface area contributed by atoms with Crippen molar-refractivity contribution in [2.75, 3.05) is 5.73 Å². The summed E-state index contributed by atoms with van der Waals surface area (Å²) in [6.07, 6.45) is 5.11. The molecule has 0 spiro atoms. The molecule has 0 bridgehead atoms. The topological polar surface area (TPSA) is 60.2 Å². The quantitative estimate of drug-likeness (QED) is 0.408. The highest BCUT2D eigenvalue weighted by Crippen LogP contribution is 2.03. The van der Waals surface area contributed by atoms with Crippen LogP contribution in [0.1, 0.15) is 5.56 Å². The molecule has 6 heteroatoms. The van der Waals surface area contributed by atoms with Crippen molar-refractivity contribution < 1.29 is 16.2 Å². The Kier molecular flexibility index (Phi) is 4.59. The fraction of sp³-hybridized carbons (Fsp3) is 0. The minimum atomic E-state index is -5.67. The highest BCUT2D eigenvalue weighted by Gasteiger charge is 1.94. The molecular formula is C8H7F2NO2S. The average Bonchev–Trinajstić information content (AvgIpc) is 2.01. The summed E-state index contributed by atoms with van der Waals surface area (Å²) in [5.74, 6) is 2.49. The van der Waals surface area contributed by atoms with Crippen LogP contribution in [-0.4, -0.2) is 8.42 Å². The zero-order valence-electron chi connectivity index (χ0n) is 6.94. The van der Waals surface area contributed by atoms with Crippen LogP contribution in [0.5, 0.6) is 0 Å². The summed E-state index contributed by atoms with van der Waals surface area (Å²) in [6.45, 7) is 0. The van der Waals surface area contributed by atoms with E-state index >= 15 is 0 Å². The van der Waals surface area contributed by atoms with E-state index in [1.54, 1.807) is 12.1 Å². The smallest absolute Gasteiger partial charge is 0.399 e. The van der Waals surface area contributed by atoms with E-state index in [0.717, 1.165) is 5.56 Å². The molecule has 1 aromatic rings. The molecule has 0 aliphatic heterocycles. The van der Waals surface area contributed by atoms with E-state index in [0.29, 0.717) is 5.69 Å². The predicted molar refractivity (Wildman–Crippen MR) is 49.9 cm³/mol. The van der Waals surface area contributed by atoms with Gasteiger partial charge in [-0.25, -0.2) is 0 Å². The van der Waals surface area contributed by atoms with Crippen LogP contribution in [0, 0.1) is 12.3 Å². The van der Waals surface area contributed by atoms with Gasteiger partial charge < -0.3 is 5.73 Å². The van der Waals surface area contributed by atoms with E-state index in [-0.39, 0.29) is 0 Å². The van der Waals surface area contributed by atoms with Crippen molar-refractivity contribution in [3.8, 4) is 12.3 Å². The Bertz CT molecular complexity index is 429. The number of rotatable bonds is 0. The zero-order valence-corrected chi connectivity index (χ0v) is 7.76. The van der Waals surface area contributed by atoms with Crippen molar-refractivity contribution in [1.82, 2.24) is 0 Å². The molecule has 3 nitrogen and oxygen atoms in total. The molecule has 0 heterocycles. The second kappa shape index (κ2) is 5.19. The van der Waals surface area contributed by atoms with Gasteiger partial charge in [-0.2, -0.15) is 8.42 Å². The molecule has 0 aliphatic rings. The monoisotopic (exact) mass is 219 g/mol.